The van der Waals surface area contributed by atoms with Crippen molar-refractivity contribution in [2.75, 3.05) is 4.90 Å². The van der Waals surface area contributed by atoms with Crippen LogP contribution in [0.15, 0.2) is 243 Å². The quantitative estimate of drug-likeness (QED) is 0.160. The minimum atomic E-state index is -0.0862. The van der Waals surface area contributed by atoms with Crippen LogP contribution in [-0.4, -0.2) is 14.1 Å². The van der Waals surface area contributed by atoms with Crippen LogP contribution < -0.4 is 9.64 Å². The summed E-state index contributed by atoms with van der Waals surface area (Å²) in [6, 6.07) is 86.4. The predicted molar refractivity (Wildman–Crippen MR) is 333 cm³/mol. The van der Waals surface area contributed by atoms with E-state index in [0.717, 1.165) is 45.1 Å². The van der Waals surface area contributed by atoms with Gasteiger partial charge in [0, 0.05) is 51.1 Å². The number of aromatic nitrogens is 3. The number of fused-ring (bicyclic) bond motifs is 10. The van der Waals surface area contributed by atoms with E-state index in [1.165, 1.54) is 93.2 Å². The molecule has 0 fully saturated rings. The SMILES string of the molecule is CC(C)(C)c1cc(-c2ccccc2)cc(-c2cccc3c4ccccc4c4ccccc4c4cccc5c4n(c23)CN5c2cccc(Oc3ccc4c5c(-c6ccccc6)cccc5n(-c5cc(C(C)(C)C)ccn5)c4c3)c2)c1. The molecule has 5 heteroatoms. The van der Waals surface area contributed by atoms with Crippen molar-refractivity contribution in [1.82, 2.24) is 14.1 Å². The lowest BCUT2D eigenvalue weighted by Crippen LogP contribution is -2.15. The molecular weight excluding hydrogens is 961 g/mol. The van der Waals surface area contributed by atoms with E-state index in [9.17, 15) is 0 Å². The van der Waals surface area contributed by atoms with E-state index in [-0.39, 0.29) is 10.8 Å². The molecule has 14 rings (SSSR count). The first-order valence-corrected chi connectivity index (χ1v) is 27.5. The molecule has 4 heterocycles. The van der Waals surface area contributed by atoms with E-state index in [0.29, 0.717) is 6.67 Å². The highest BCUT2D eigenvalue weighted by molar-refractivity contribution is 6.22. The number of hydrogen-bond donors (Lipinski definition) is 0. The summed E-state index contributed by atoms with van der Waals surface area (Å²) in [6.07, 6.45) is 1.94. The van der Waals surface area contributed by atoms with Crippen molar-refractivity contribution in [2.45, 2.75) is 59.0 Å². The summed E-state index contributed by atoms with van der Waals surface area (Å²) in [6.45, 7) is 14.3. The molecule has 0 N–H and O–H groups in total. The molecule has 0 unspecified atom stereocenters. The maximum Gasteiger partial charge on any atom is 0.137 e. The fraction of sp³-hybridized carbons (Fsp3) is 0.122. The van der Waals surface area contributed by atoms with Gasteiger partial charge in [0.25, 0.3) is 0 Å². The molecule has 0 saturated heterocycles. The standard InChI is InChI=1S/C74H60N4O/c1-73(2,3)52-39-40-75-69(44-52)78-66-35-19-31-57(49-23-11-8-12-24-49)70(66)65-38-37-56(46-68(65)78)79-55-26-17-25-54(45-55)76-47-77-71-58(51-41-50(48-21-9-7-10-22-48)42-53(43-51)74(4,5)6)32-18-33-63(71)61-29-15-13-27-59(61)60-28-14-16-30-62(60)64-34-20-36-67(76)72(64)77/h7-46H,47H2,1-6H3. The van der Waals surface area contributed by atoms with E-state index < -0.39 is 0 Å². The third-order valence-corrected chi connectivity index (χ3v) is 16.2. The minimum Gasteiger partial charge on any atom is -0.457 e. The molecule has 0 spiro atoms. The Hall–Kier alpha value is -9.45. The van der Waals surface area contributed by atoms with Gasteiger partial charge in [0.15, 0.2) is 0 Å². The molecule has 1 aliphatic rings. The molecule has 3 aromatic heterocycles. The number of ether oxygens (including phenoxy) is 1. The van der Waals surface area contributed by atoms with Gasteiger partial charge in [-0.3, -0.25) is 4.57 Å². The number of para-hydroxylation sites is 2. The lowest BCUT2D eigenvalue weighted by atomic mass is 9.83. The van der Waals surface area contributed by atoms with Crippen molar-refractivity contribution in [3.8, 4) is 50.7 Å². The predicted octanol–water partition coefficient (Wildman–Crippen LogP) is 20.2. The molecule has 79 heavy (non-hydrogen) atoms. The summed E-state index contributed by atoms with van der Waals surface area (Å²) in [5.41, 5.74) is 16.2. The lowest BCUT2D eigenvalue weighted by Gasteiger charge is -2.23. The first kappa shape index (κ1) is 48.0. The molecule has 0 aliphatic carbocycles. The summed E-state index contributed by atoms with van der Waals surface area (Å²) >= 11 is 0. The largest absolute Gasteiger partial charge is 0.457 e. The molecule has 0 atom stereocenters. The third-order valence-electron chi connectivity index (χ3n) is 16.2. The second kappa shape index (κ2) is 18.6. The first-order valence-electron chi connectivity index (χ1n) is 27.5. The van der Waals surface area contributed by atoms with Gasteiger partial charge in [-0.25, -0.2) is 4.98 Å². The zero-order valence-electron chi connectivity index (χ0n) is 45.5. The number of hydrogen-bond acceptors (Lipinski definition) is 3. The highest BCUT2D eigenvalue weighted by Gasteiger charge is 2.27. The fourth-order valence-corrected chi connectivity index (χ4v) is 12.2. The zero-order chi connectivity index (χ0) is 53.6. The van der Waals surface area contributed by atoms with E-state index in [4.69, 9.17) is 9.72 Å². The normalized spacial score (nSPS) is 12.6. The van der Waals surface area contributed by atoms with Crippen LogP contribution in [0.25, 0.3) is 104 Å². The average molecular weight is 1020 g/mol. The average Bonchev–Trinajstić information content (AvgIpc) is 4.10. The summed E-state index contributed by atoms with van der Waals surface area (Å²) < 4.78 is 11.9. The smallest absolute Gasteiger partial charge is 0.137 e. The Morgan fingerprint density at radius 3 is 1.68 bits per heavy atom. The van der Waals surface area contributed by atoms with Gasteiger partial charge in [-0.2, -0.15) is 0 Å². The molecule has 5 nitrogen and oxygen atoms in total. The first-order chi connectivity index (χ1) is 38.4. The Balaban J connectivity index is 0.956. The molecular formula is C74H60N4O. The van der Waals surface area contributed by atoms with Crippen LogP contribution in [0.2, 0.25) is 0 Å². The Morgan fingerprint density at radius 1 is 0.392 bits per heavy atom. The maximum atomic E-state index is 7.03. The minimum absolute atomic E-state index is 0.0544. The van der Waals surface area contributed by atoms with Crippen LogP contribution in [-0.2, 0) is 17.5 Å². The molecule has 382 valence electrons. The number of anilines is 2. The Bertz CT molecular complexity index is 4630. The Morgan fingerprint density at radius 2 is 0.975 bits per heavy atom. The van der Waals surface area contributed by atoms with Gasteiger partial charge in [0.2, 0.25) is 0 Å². The highest BCUT2D eigenvalue weighted by Crippen LogP contribution is 2.47. The number of rotatable bonds is 7. The molecule has 10 aromatic carbocycles. The number of benzene rings is 10. The van der Waals surface area contributed by atoms with Crippen molar-refractivity contribution in [1.29, 1.82) is 0 Å². The summed E-state index contributed by atoms with van der Waals surface area (Å²) in [7, 11) is 0. The van der Waals surface area contributed by atoms with Crippen LogP contribution in [0.3, 0.4) is 0 Å². The van der Waals surface area contributed by atoms with E-state index in [1.807, 2.05) is 6.20 Å². The molecule has 0 amide bonds. The zero-order valence-corrected chi connectivity index (χ0v) is 45.5. The lowest BCUT2D eigenvalue weighted by molar-refractivity contribution is 0.483. The van der Waals surface area contributed by atoms with Crippen molar-refractivity contribution < 1.29 is 4.74 Å². The van der Waals surface area contributed by atoms with Crippen LogP contribution in [0.4, 0.5) is 11.4 Å². The second-order valence-corrected chi connectivity index (χ2v) is 23.2. The summed E-state index contributed by atoms with van der Waals surface area (Å²) in [4.78, 5) is 7.49. The summed E-state index contributed by atoms with van der Waals surface area (Å²) in [5, 5.41) is 9.55. The van der Waals surface area contributed by atoms with Gasteiger partial charge in [-0.05, 0) is 126 Å². The second-order valence-electron chi connectivity index (χ2n) is 23.2. The van der Waals surface area contributed by atoms with Gasteiger partial charge in [-0.1, -0.05) is 211 Å². The van der Waals surface area contributed by atoms with E-state index >= 15 is 0 Å². The van der Waals surface area contributed by atoms with E-state index in [1.54, 1.807) is 0 Å². The molecule has 0 bridgehead atoms. The van der Waals surface area contributed by atoms with Gasteiger partial charge >= 0.3 is 0 Å². The van der Waals surface area contributed by atoms with Crippen LogP contribution in [0, 0.1) is 0 Å². The van der Waals surface area contributed by atoms with Crippen LogP contribution in [0.5, 0.6) is 11.5 Å². The van der Waals surface area contributed by atoms with Crippen LogP contribution in [0.1, 0.15) is 52.7 Å². The van der Waals surface area contributed by atoms with Crippen LogP contribution >= 0.6 is 0 Å². The van der Waals surface area contributed by atoms with Crippen molar-refractivity contribution in [3.63, 3.8) is 0 Å². The number of pyridine rings is 1. The van der Waals surface area contributed by atoms with Gasteiger partial charge < -0.3 is 14.2 Å². The monoisotopic (exact) mass is 1020 g/mol. The topological polar surface area (TPSA) is 35.2 Å². The Kier molecular flexibility index (Phi) is 11.3. The molecule has 1 aliphatic heterocycles. The summed E-state index contributed by atoms with van der Waals surface area (Å²) in [5.74, 6) is 2.38. The third kappa shape index (κ3) is 8.27. The number of nitrogens with zero attached hydrogens (tertiary/aromatic N) is 4. The van der Waals surface area contributed by atoms with Gasteiger partial charge in [0.1, 0.15) is 24.0 Å². The van der Waals surface area contributed by atoms with Gasteiger partial charge in [0.05, 0.1) is 27.8 Å². The molecule has 0 radical (unpaired) electrons. The molecule has 13 aromatic rings. The Labute approximate surface area is 461 Å². The van der Waals surface area contributed by atoms with Crippen molar-refractivity contribution >= 4 is 76.5 Å². The van der Waals surface area contributed by atoms with E-state index in [2.05, 4.69) is 292 Å². The van der Waals surface area contributed by atoms with Crippen molar-refractivity contribution in [3.05, 3.63) is 254 Å². The molecule has 0 saturated carbocycles. The van der Waals surface area contributed by atoms with Crippen molar-refractivity contribution in [2.24, 2.45) is 0 Å². The maximum absolute atomic E-state index is 7.03. The van der Waals surface area contributed by atoms with Gasteiger partial charge in [-0.15, -0.1) is 0 Å². The fourth-order valence-electron chi connectivity index (χ4n) is 12.2. The highest BCUT2D eigenvalue weighted by atomic mass is 16.5.